The third-order valence-electron chi connectivity index (χ3n) is 3.41. The molecule has 1 saturated carbocycles. The monoisotopic (exact) mass is 321 g/mol. The number of carbonyl (C=O) groups is 1. The number of carbonyl (C=O) groups excluding carboxylic acids is 1. The zero-order chi connectivity index (χ0) is 16.7. The molecular weight excluding hydrogens is 301 g/mol. The van der Waals surface area contributed by atoms with Crippen LogP contribution in [0.2, 0.25) is 0 Å². The maximum Gasteiger partial charge on any atom is 0.221 e. The molecule has 0 saturated heterocycles. The van der Waals surface area contributed by atoms with E-state index in [2.05, 4.69) is 11.2 Å². The van der Waals surface area contributed by atoms with Crippen molar-refractivity contribution in [2.45, 2.75) is 25.4 Å². The zero-order valence-corrected chi connectivity index (χ0v) is 12.8. The Bertz CT molecular complexity index is 628. The number of hydrazine groups is 1. The molecule has 124 valence electrons. The van der Waals surface area contributed by atoms with E-state index in [9.17, 15) is 4.39 Å². The molecule has 0 bridgehead atoms. The summed E-state index contributed by atoms with van der Waals surface area (Å²) in [5.74, 6) is 5.96. The van der Waals surface area contributed by atoms with Gasteiger partial charge in [-0.2, -0.15) is 0 Å². The van der Waals surface area contributed by atoms with Gasteiger partial charge in [0.15, 0.2) is 0 Å². The first kappa shape index (κ1) is 16.8. The molecule has 0 atom stereocenters. The Morgan fingerprint density at radius 2 is 2.17 bits per heavy atom. The van der Waals surface area contributed by atoms with Gasteiger partial charge in [-0.15, -0.1) is 0 Å². The summed E-state index contributed by atoms with van der Waals surface area (Å²) in [6, 6.07) is 6.98. The highest BCUT2D eigenvalue weighted by Crippen LogP contribution is 2.47. The standard InChI is InChI=1S/C15H16FNO2.CH4N2O/c1-17-14-13(16)7-6-12(10-4-5-10)15(14)19-9-11-3-2-8-18-11;2-3-1-4/h2-3,6-8,10,17H,4-5,9H2,1H3;1H,2H2,(H,3,4). The fourth-order valence-corrected chi connectivity index (χ4v) is 2.22. The number of rotatable bonds is 6. The van der Waals surface area contributed by atoms with Gasteiger partial charge in [-0.05, 0) is 42.5 Å². The largest absolute Gasteiger partial charge is 0.483 e. The summed E-state index contributed by atoms with van der Waals surface area (Å²) in [4.78, 5) is 8.94. The summed E-state index contributed by atoms with van der Waals surface area (Å²) in [5, 5.41) is 2.89. The van der Waals surface area contributed by atoms with Crippen LogP contribution in [0.1, 0.15) is 30.1 Å². The van der Waals surface area contributed by atoms with Crippen LogP contribution in [0.4, 0.5) is 10.1 Å². The van der Waals surface area contributed by atoms with Gasteiger partial charge >= 0.3 is 0 Å². The fourth-order valence-electron chi connectivity index (χ4n) is 2.22. The first-order valence-electron chi connectivity index (χ1n) is 7.26. The second kappa shape index (κ2) is 8.19. The fraction of sp³-hybridized carbons (Fsp3) is 0.312. The average molecular weight is 321 g/mol. The topological polar surface area (TPSA) is 89.5 Å². The molecule has 6 nitrogen and oxygen atoms in total. The summed E-state index contributed by atoms with van der Waals surface area (Å²) in [6.45, 7) is 0.310. The predicted molar refractivity (Wildman–Crippen MR) is 84.3 cm³/mol. The van der Waals surface area contributed by atoms with E-state index in [-0.39, 0.29) is 5.82 Å². The Labute approximate surface area is 133 Å². The molecule has 7 heteroatoms. The van der Waals surface area contributed by atoms with Crippen LogP contribution in [0.3, 0.4) is 0 Å². The van der Waals surface area contributed by atoms with Gasteiger partial charge in [0.25, 0.3) is 0 Å². The van der Waals surface area contributed by atoms with Crippen molar-refractivity contribution in [1.29, 1.82) is 0 Å². The molecule has 1 aromatic carbocycles. The van der Waals surface area contributed by atoms with Gasteiger partial charge in [-0.1, -0.05) is 6.07 Å². The molecule has 1 aliphatic rings. The van der Waals surface area contributed by atoms with Gasteiger partial charge in [0.1, 0.15) is 29.6 Å². The first-order chi connectivity index (χ1) is 11.2. The minimum atomic E-state index is -0.290. The molecule has 0 spiro atoms. The van der Waals surface area contributed by atoms with Gasteiger partial charge in [0.2, 0.25) is 6.41 Å². The molecule has 4 N–H and O–H groups in total. The molecule has 3 rings (SSSR count). The molecule has 0 radical (unpaired) electrons. The number of hydrogen-bond acceptors (Lipinski definition) is 5. The van der Waals surface area contributed by atoms with Gasteiger partial charge < -0.3 is 14.5 Å². The summed E-state index contributed by atoms with van der Waals surface area (Å²) >= 11 is 0. The zero-order valence-electron chi connectivity index (χ0n) is 12.8. The van der Waals surface area contributed by atoms with Crippen LogP contribution >= 0.6 is 0 Å². The van der Waals surface area contributed by atoms with Crippen molar-refractivity contribution < 1.29 is 18.3 Å². The second-order valence-corrected chi connectivity index (χ2v) is 5.02. The van der Waals surface area contributed by atoms with Crippen LogP contribution in [0.25, 0.3) is 0 Å². The molecule has 23 heavy (non-hydrogen) atoms. The maximum atomic E-state index is 13.8. The number of hydrogen-bond donors (Lipinski definition) is 3. The van der Waals surface area contributed by atoms with Crippen LogP contribution in [-0.2, 0) is 11.4 Å². The number of benzene rings is 1. The van der Waals surface area contributed by atoms with Crippen LogP contribution in [-0.4, -0.2) is 13.5 Å². The lowest BCUT2D eigenvalue weighted by molar-refractivity contribution is -0.109. The third kappa shape index (κ3) is 4.46. The van der Waals surface area contributed by atoms with Crippen molar-refractivity contribution in [1.82, 2.24) is 5.43 Å². The average Bonchev–Trinajstić information content (AvgIpc) is 3.28. The van der Waals surface area contributed by atoms with Gasteiger partial charge in [-0.25, -0.2) is 10.2 Å². The quantitative estimate of drug-likeness (QED) is 0.329. The van der Waals surface area contributed by atoms with Crippen molar-refractivity contribution in [3.63, 3.8) is 0 Å². The van der Waals surface area contributed by atoms with E-state index in [1.807, 2.05) is 18.2 Å². The van der Waals surface area contributed by atoms with Crippen molar-refractivity contribution >= 4 is 12.1 Å². The van der Waals surface area contributed by atoms with Gasteiger partial charge in [0.05, 0.1) is 6.26 Å². The molecule has 1 heterocycles. The highest BCUT2D eigenvalue weighted by atomic mass is 19.1. The Morgan fingerprint density at radius 1 is 1.43 bits per heavy atom. The lowest BCUT2D eigenvalue weighted by Crippen LogP contribution is -2.18. The number of ether oxygens (including phenoxy) is 1. The molecule has 1 aliphatic carbocycles. The first-order valence-corrected chi connectivity index (χ1v) is 7.26. The molecular formula is C16H20FN3O3. The third-order valence-corrected chi connectivity index (χ3v) is 3.41. The Kier molecular flexibility index (Phi) is 5.99. The number of nitrogens with one attached hydrogen (secondary N) is 2. The van der Waals surface area contributed by atoms with Crippen molar-refractivity contribution in [3.8, 4) is 5.75 Å². The summed E-state index contributed by atoms with van der Waals surface area (Å²) in [6.07, 6.45) is 4.29. The normalized spacial score (nSPS) is 12.8. The smallest absolute Gasteiger partial charge is 0.221 e. The predicted octanol–water partition coefficient (Wildman–Crippen LogP) is 2.52. The van der Waals surface area contributed by atoms with Crippen molar-refractivity contribution in [2.75, 3.05) is 12.4 Å². The highest BCUT2D eigenvalue weighted by Gasteiger charge is 2.29. The van der Waals surface area contributed by atoms with E-state index in [0.717, 1.165) is 24.2 Å². The Balaban J connectivity index is 0.000000433. The number of halogens is 1. The Hall–Kier alpha value is -2.54. The summed E-state index contributed by atoms with van der Waals surface area (Å²) < 4.78 is 24.8. The van der Waals surface area contributed by atoms with E-state index in [0.29, 0.717) is 30.4 Å². The van der Waals surface area contributed by atoms with Crippen LogP contribution in [0.5, 0.6) is 5.75 Å². The number of nitrogens with two attached hydrogens (primary N) is 1. The maximum absolute atomic E-state index is 13.8. The molecule has 1 fully saturated rings. The lowest BCUT2D eigenvalue weighted by Gasteiger charge is -2.15. The molecule has 1 aromatic heterocycles. The van der Waals surface area contributed by atoms with Gasteiger partial charge in [-0.3, -0.25) is 10.2 Å². The molecule has 2 aromatic rings. The van der Waals surface area contributed by atoms with E-state index in [1.165, 1.54) is 6.07 Å². The molecule has 0 aliphatic heterocycles. The van der Waals surface area contributed by atoms with Crippen LogP contribution < -0.4 is 21.3 Å². The Morgan fingerprint density at radius 3 is 2.70 bits per heavy atom. The minimum Gasteiger partial charge on any atom is -0.483 e. The van der Waals surface area contributed by atoms with Crippen molar-refractivity contribution in [2.24, 2.45) is 5.84 Å². The second-order valence-electron chi connectivity index (χ2n) is 5.02. The SMILES string of the molecule is CNc1c(F)ccc(C2CC2)c1OCc1ccco1.NNC=O. The van der Waals surface area contributed by atoms with Crippen LogP contribution in [0.15, 0.2) is 34.9 Å². The number of anilines is 1. The van der Waals surface area contributed by atoms with Gasteiger partial charge in [0, 0.05) is 7.05 Å². The minimum absolute atomic E-state index is 0.290. The number of amides is 1. The van der Waals surface area contributed by atoms with Crippen LogP contribution in [0, 0.1) is 5.82 Å². The van der Waals surface area contributed by atoms with E-state index in [1.54, 1.807) is 18.7 Å². The van der Waals surface area contributed by atoms with Crippen molar-refractivity contribution in [3.05, 3.63) is 47.7 Å². The van der Waals surface area contributed by atoms with E-state index < -0.39 is 0 Å². The summed E-state index contributed by atoms with van der Waals surface area (Å²) in [7, 11) is 1.70. The highest BCUT2D eigenvalue weighted by molar-refractivity contribution is 5.62. The van der Waals surface area contributed by atoms with E-state index in [4.69, 9.17) is 13.9 Å². The van der Waals surface area contributed by atoms with E-state index >= 15 is 0 Å². The number of furan rings is 1. The molecule has 1 amide bonds. The lowest BCUT2D eigenvalue weighted by atomic mass is 10.1. The molecule has 0 unspecified atom stereocenters. The summed E-state index contributed by atoms with van der Waals surface area (Å²) in [5.41, 5.74) is 3.26.